The maximum Gasteiger partial charge on any atom is 0.266 e. The second-order valence-corrected chi connectivity index (χ2v) is 8.70. The van der Waals surface area contributed by atoms with Crippen molar-refractivity contribution >= 4 is 27.1 Å². The number of anilines is 1. The third-order valence-electron chi connectivity index (χ3n) is 4.50. The fourth-order valence-electron chi connectivity index (χ4n) is 3.25. The van der Waals surface area contributed by atoms with Gasteiger partial charge in [-0.1, -0.05) is 24.4 Å². The molecule has 1 aromatic carbocycles. The maximum atomic E-state index is 13.3. The lowest BCUT2D eigenvalue weighted by atomic mass is 10.3. The van der Waals surface area contributed by atoms with Crippen LogP contribution in [0.5, 0.6) is 0 Å². The summed E-state index contributed by atoms with van der Waals surface area (Å²) in [6, 6.07) is 4.53. The number of halogens is 3. The van der Waals surface area contributed by atoms with E-state index < -0.39 is 15.8 Å². The molecule has 3 nitrogen and oxygen atoms in total. The topological polar surface area (TPSA) is 37.4 Å². The molecule has 122 valence electrons. The minimum absolute atomic E-state index is 0.121. The molecule has 0 N–H and O–H groups in total. The van der Waals surface area contributed by atoms with E-state index in [9.17, 15) is 17.2 Å². The van der Waals surface area contributed by atoms with Gasteiger partial charge in [0.15, 0.2) is 9.84 Å². The zero-order valence-corrected chi connectivity index (χ0v) is 13.6. The van der Waals surface area contributed by atoms with Gasteiger partial charge in [-0.25, -0.2) is 17.2 Å². The number of sulfone groups is 1. The molecule has 0 atom stereocenters. The van der Waals surface area contributed by atoms with Gasteiger partial charge in [-0.15, -0.1) is 0 Å². The molecule has 0 aromatic heterocycles. The molecule has 2 fully saturated rings. The van der Waals surface area contributed by atoms with Crippen LogP contribution < -0.4 is 4.90 Å². The highest BCUT2D eigenvalue weighted by Gasteiger charge is 2.38. The van der Waals surface area contributed by atoms with Crippen LogP contribution in [-0.2, 0) is 9.84 Å². The van der Waals surface area contributed by atoms with E-state index in [4.69, 9.17) is 11.6 Å². The van der Waals surface area contributed by atoms with Crippen molar-refractivity contribution in [2.75, 3.05) is 18.0 Å². The fraction of sp³-hybridized carbons (Fsp3) is 0.600. The van der Waals surface area contributed by atoms with E-state index in [2.05, 4.69) is 0 Å². The van der Waals surface area contributed by atoms with E-state index in [0.29, 0.717) is 18.5 Å². The van der Waals surface area contributed by atoms with Crippen LogP contribution in [0.25, 0.3) is 0 Å². The van der Waals surface area contributed by atoms with E-state index >= 15 is 0 Å². The molecule has 0 spiro atoms. The van der Waals surface area contributed by atoms with E-state index in [-0.39, 0.29) is 34.7 Å². The monoisotopic (exact) mass is 349 g/mol. The Morgan fingerprint density at radius 3 is 2.45 bits per heavy atom. The molecule has 0 unspecified atom stereocenters. The molecule has 1 heterocycles. The first-order valence-corrected chi connectivity index (χ1v) is 9.38. The summed E-state index contributed by atoms with van der Waals surface area (Å²) in [5.74, 6) is -2.69. The minimum Gasteiger partial charge on any atom is -0.365 e. The van der Waals surface area contributed by atoms with Crippen LogP contribution in [0.3, 0.4) is 0 Å². The molecule has 0 amide bonds. The summed E-state index contributed by atoms with van der Waals surface area (Å²) in [6.45, 7) is -0.101. The van der Waals surface area contributed by atoms with Crippen molar-refractivity contribution in [3.63, 3.8) is 0 Å². The van der Waals surface area contributed by atoms with Gasteiger partial charge in [0.25, 0.3) is 5.92 Å². The lowest BCUT2D eigenvalue weighted by Gasteiger charge is -2.20. The Morgan fingerprint density at radius 2 is 1.91 bits per heavy atom. The van der Waals surface area contributed by atoms with Gasteiger partial charge in [0, 0.05) is 18.7 Å². The van der Waals surface area contributed by atoms with Crippen LogP contribution in [0, 0.1) is 0 Å². The molecule has 1 aliphatic carbocycles. The Kier molecular flexibility index (Phi) is 4.10. The molecule has 1 aromatic rings. The summed E-state index contributed by atoms with van der Waals surface area (Å²) < 4.78 is 51.7. The molecule has 0 radical (unpaired) electrons. The SMILES string of the molecule is O=S(=O)(c1ccc(N2CCC(F)(F)C2)cc1Cl)C1CCCC1. The normalized spacial score (nSPS) is 22.4. The summed E-state index contributed by atoms with van der Waals surface area (Å²) in [4.78, 5) is 1.66. The quantitative estimate of drug-likeness (QED) is 0.830. The highest BCUT2D eigenvalue weighted by Crippen LogP contribution is 2.36. The van der Waals surface area contributed by atoms with Crippen molar-refractivity contribution in [3.05, 3.63) is 23.2 Å². The van der Waals surface area contributed by atoms with E-state index in [0.717, 1.165) is 12.8 Å². The van der Waals surface area contributed by atoms with Gasteiger partial charge < -0.3 is 4.90 Å². The molecule has 1 aliphatic heterocycles. The van der Waals surface area contributed by atoms with E-state index in [1.807, 2.05) is 0 Å². The summed E-state index contributed by atoms with van der Waals surface area (Å²) in [5, 5.41) is -0.244. The molecule has 0 bridgehead atoms. The van der Waals surface area contributed by atoms with Gasteiger partial charge in [-0.2, -0.15) is 0 Å². The van der Waals surface area contributed by atoms with Crippen molar-refractivity contribution in [2.24, 2.45) is 0 Å². The minimum atomic E-state index is -3.43. The van der Waals surface area contributed by atoms with Crippen molar-refractivity contribution in [1.29, 1.82) is 0 Å². The average molecular weight is 350 g/mol. The first-order valence-electron chi connectivity index (χ1n) is 7.46. The van der Waals surface area contributed by atoms with Crippen molar-refractivity contribution in [1.82, 2.24) is 0 Å². The molecule has 2 aliphatic rings. The molecular formula is C15H18ClF2NO2S. The lowest BCUT2D eigenvalue weighted by molar-refractivity contribution is 0.0257. The summed E-state index contributed by atoms with van der Waals surface area (Å²) >= 11 is 6.15. The Hall–Kier alpha value is -0.880. The molecule has 22 heavy (non-hydrogen) atoms. The predicted octanol–water partition coefficient (Wildman–Crippen LogP) is 3.90. The number of rotatable bonds is 3. The Balaban J connectivity index is 1.87. The number of hydrogen-bond donors (Lipinski definition) is 0. The van der Waals surface area contributed by atoms with Gasteiger partial charge >= 0.3 is 0 Å². The predicted molar refractivity (Wildman–Crippen MR) is 82.7 cm³/mol. The number of nitrogens with zero attached hydrogens (tertiary/aromatic N) is 1. The summed E-state index contributed by atoms with van der Waals surface area (Å²) in [5.41, 5.74) is 0.549. The zero-order chi connectivity index (χ0) is 16.0. The highest BCUT2D eigenvalue weighted by molar-refractivity contribution is 7.92. The molecule has 1 saturated carbocycles. The van der Waals surface area contributed by atoms with Crippen LogP contribution in [-0.4, -0.2) is 32.7 Å². The fourth-order valence-corrected chi connectivity index (χ4v) is 5.65. The molecule has 1 saturated heterocycles. The van der Waals surface area contributed by atoms with Crippen LogP contribution in [0.2, 0.25) is 5.02 Å². The molecule has 7 heteroatoms. The van der Waals surface area contributed by atoms with Gasteiger partial charge in [-0.05, 0) is 31.0 Å². The van der Waals surface area contributed by atoms with Gasteiger partial charge in [0.05, 0.1) is 21.7 Å². The van der Waals surface area contributed by atoms with Crippen LogP contribution in [0.4, 0.5) is 14.5 Å². The van der Waals surface area contributed by atoms with E-state index in [1.165, 1.54) is 17.0 Å². The van der Waals surface area contributed by atoms with Gasteiger partial charge in [0.2, 0.25) is 0 Å². The second kappa shape index (κ2) is 5.64. The zero-order valence-electron chi connectivity index (χ0n) is 12.1. The highest BCUT2D eigenvalue weighted by atomic mass is 35.5. The van der Waals surface area contributed by atoms with Crippen molar-refractivity contribution < 1.29 is 17.2 Å². The number of hydrogen-bond acceptors (Lipinski definition) is 3. The summed E-state index contributed by atoms with van der Waals surface area (Å²) in [7, 11) is -3.43. The number of alkyl halides is 2. The van der Waals surface area contributed by atoms with Crippen LogP contribution in [0.1, 0.15) is 32.1 Å². The van der Waals surface area contributed by atoms with Crippen molar-refractivity contribution in [2.45, 2.75) is 48.2 Å². The van der Waals surface area contributed by atoms with Crippen LogP contribution in [0.15, 0.2) is 23.1 Å². The third kappa shape index (κ3) is 2.95. The van der Waals surface area contributed by atoms with E-state index in [1.54, 1.807) is 6.07 Å². The van der Waals surface area contributed by atoms with Gasteiger partial charge in [-0.3, -0.25) is 0 Å². The molecule has 3 rings (SSSR count). The van der Waals surface area contributed by atoms with Gasteiger partial charge in [0.1, 0.15) is 0 Å². The number of benzene rings is 1. The Bertz CT molecular complexity index is 672. The van der Waals surface area contributed by atoms with Crippen LogP contribution >= 0.6 is 11.6 Å². The Labute approximate surface area is 134 Å². The summed E-state index contributed by atoms with van der Waals surface area (Å²) in [6.07, 6.45) is 2.98. The largest absolute Gasteiger partial charge is 0.365 e. The molecular weight excluding hydrogens is 332 g/mol. The van der Waals surface area contributed by atoms with Crippen molar-refractivity contribution in [3.8, 4) is 0 Å². The standard InChI is InChI=1S/C15H18ClF2NO2S/c16-13-9-11(19-8-7-15(17,18)10-19)5-6-14(13)22(20,21)12-3-1-2-4-12/h5-6,9,12H,1-4,7-8,10H2. The first-order chi connectivity index (χ1) is 10.3. The first kappa shape index (κ1) is 16.0. The average Bonchev–Trinajstić information content (AvgIpc) is 3.07. The Morgan fingerprint density at radius 1 is 1.23 bits per heavy atom. The maximum absolute atomic E-state index is 13.3. The second-order valence-electron chi connectivity index (χ2n) is 6.09. The lowest BCUT2D eigenvalue weighted by Crippen LogP contribution is -2.25. The third-order valence-corrected chi connectivity index (χ3v) is 7.24. The smallest absolute Gasteiger partial charge is 0.266 e.